The van der Waals surface area contributed by atoms with E-state index in [1.165, 1.54) is 12.7 Å². The van der Waals surface area contributed by atoms with E-state index in [1.54, 1.807) is 6.07 Å². The summed E-state index contributed by atoms with van der Waals surface area (Å²) in [6.45, 7) is 3.55. The average molecular weight is 237 g/mol. The number of carbonyl (C=O) groups is 1. The van der Waals surface area contributed by atoms with Gasteiger partial charge in [0.1, 0.15) is 12.0 Å². The number of piperidine rings is 1. The molecule has 2 rings (SSSR count). The van der Waals surface area contributed by atoms with Crippen molar-refractivity contribution in [1.82, 2.24) is 15.8 Å². The molecule has 5 heteroatoms. The first-order chi connectivity index (χ1) is 8.29. The normalized spacial score (nSPS) is 24.5. The summed E-state index contributed by atoms with van der Waals surface area (Å²) in [6.07, 6.45) is 4.76. The summed E-state index contributed by atoms with van der Waals surface area (Å²) in [5, 5.41) is 9.89. The summed E-state index contributed by atoms with van der Waals surface area (Å²) >= 11 is 0. The number of rotatable bonds is 4. The Morgan fingerprint density at radius 1 is 1.71 bits per heavy atom. The Morgan fingerprint density at radius 2 is 2.59 bits per heavy atom. The third-order valence-electron chi connectivity index (χ3n) is 3.34. The zero-order valence-corrected chi connectivity index (χ0v) is 10.1. The molecule has 1 amide bonds. The van der Waals surface area contributed by atoms with Crippen LogP contribution in [0.15, 0.2) is 16.9 Å². The van der Waals surface area contributed by atoms with Crippen LogP contribution in [0, 0.1) is 5.92 Å². The molecule has 0 aromatic carbocycles. The summed E-state index contributed by atoms with van der Waals surface area (Å²) in [4.78, 5) is 11.9. The Kier molecular flexibility index (Phi) is 4.14. The summed E-state index contributed by atoms with van der Waals surface area (Å²) < 4.78 is 4.71. The highest BCUT2D eigenvalue weighted by Crippen LogP contribution is 2.19. The molecule has 1 fully saturated rings. The van der Waals surface area contributed by atoms with Crippen LogP contribution in [-0.2, 0) is 11.3 Å². The van der Waals surface area contributed by atoms with Crippen LogP contribution in [-0.4, -0.2) is 23.7 Å². The van der Waals surface area contributed by atoms with Crippen molar-refractivity contribution in [1.29, 1.82) is 0 Å². The second kappa shape index (κ2) is 5.82. The summed E-state index contributed by atoms with van der Waals surface area (Å²) in [6, 6.07) is 1.70. The van der Waals surface area contributed by atoms with E-state index in [2.05, 4.69) is 22.7 Å². The molecule has 5 nitrogen and oxygen atoms in total. The van der Waals surface area contributed by atoms with Crippen molar-refractivity contribution >= 4 is 5.91 Å². The van der Waals surface area contributed by atoms with Crippen LogP contribution >= 0.6 is 0 Å². The highest BCUT2D eigenvalue weighted by molar-refractivity contribution is 5.81. The van der Waals surface area contributed by atoms with Gasteiger partial charge in [-0.3, -0.25) is 4.79 Å². The molecule has 1 aliphatic rings. The topological polar surface area (TPSA) is 67.2 Å². The van der Waals surface area contributed by atoms with Crippen molar-refractivity contribution in [3.63, 3.8) is 0 Å². The molecule has 2 N–H and O–H groups in total. The van der Waals surface area contributed by atoms with E-state index in [4.69, 9.17) is 4.52 Å². The second-order valence-electron chi connectivity index (χ2n) is 4.51. The van der Waals surface area contributed by atoms with Crippen molar-refractivity contribution < 1.29 is 9.32 Å². The van der Waals surface area contributed by atoms with Gasteiger partial charge in [-0.15, -0.1) is 0 Å². The lowest BCUT2D eigenvalue weighted by molar-refractivity contribution is -0.124. The molecule has 0 spiro atoms. The van der Waals surface area contributed by atoms with Crippen molar-refractivity contribution in [2.45, 2.75) is 38.8 Å². The van der Waals surface area contributed by atoms with Crippen LogP contribution in [0.25, 0.3) is 0 Å². The Hall–Kier alpha value is -1.36. The van der Waals surface area contributed by atoms with Crippen molar-refractivity contribution in [3.8, 4) is 0 Å². The molecule has 2 atom stereocenters. The quantitative estimate of drug-likeness (QED) is 0.822. The zero-order chi connectivity index (χ0) is 12.1. The molecular weight excluding hydrogens is 218 g/mol. The van der Waals surface area contributed by atoms with Crippen molar-refractivity contribution in [2.75, 3.05) is 6.54 Å². The molecule has 1 aliphatic heterocycles. The molecule has 2 unspecified atom stereocenters. The standard InChI is InChI=1S/C12H19N3O2/c1-2-9-3-5-13-11(7-9)12(16)14-8-10-4-6-17-15-10/h4,6,9,11,13H,2-3,5,7-8H2,1H3,(H,14,16). The Morgan fingerprint density at radius 3 is 3.29 bits per heavy atom. The van der Waals surface area contributed by atoms with Gasteiger partial charge < -0.3 is 15.2 Å². The number of aromatic nitrogens is 1. The Labute approximate surface area is 101 Å². The number of hydrogen-bond acceptors (Lipinski definition) is 4. The number of hydrogen-bond donors (Lipinski definition) is 2. The first-order valence-corrected chi connectivity index (χ1v) is 6.20. The van der Waals surface area contributed by atoms with E-state index < -0.39 is 0 Å². The highest BCUT2D eigenvalue weighted by Gasteiger charge is 2.25. The molecule has 94 valence electrons. The number of nitrogens with one attached hydrogen (secondary N) is 2. The first kappa shape index (κ1) is 12.1. The molecule has 0 saturated carbocycles. The Bertz CT molecular complexity index is 351. The lowest BCUT2D eigenvalue weighted by Gasteiger charge is -2.28. The third kappa shape index (κ3) is 3.30. The Balaban J connectivity index is 1.79. The van der Waals surface area contributed by atoms with Crippen LogP contribution in [0.1, 0.15) is 31.9 Å². The van der Waals surface area contributed by atoms with Gasteiger partial charge in [0.25, 0.3) is 0 Å². The minimum absolute atomic E-state index is 0.0550. The average Bonchev–Trinajstić information content (AvgIpc) is 2.89. The zero-order valence-electron chi connectivity index (χ0n) is 10.1. The minimum atomic E-state index is -0.0550. The van der Waals surface area contributed by atoms with Gasteiger partial charge in [0, 0.05) is 6.07 Å². The van der Waals surface area contributed by atoms with Gasteiger partial charge in [-0.1, -0.05) is 18.5 Å². The van der Waals surface area contributed by atoms with Crippen LogP contribution in [0.5, 0.6) is 0 Å². The largest absolute Gasteiger partial charge is 0.364 e. The third-order valence-corrected chi connectivity index (χ3v) is 3.34. The lowest BCUT2D eigenvalue weighted by Crippen LogP contribution is -2.48. The van der Waals surface area contributed by atoms with E-state index in [1.807, 2.05) is 0 Å². The maximum atomic E-state index is 11.9. The van der Waals surface area contributed by atoms with E-state index >= 15 is 0 Å². The molecule has 0 radical (unpaired) electrons. The van der Waals surface area contributed by atoms with Gasteiger partial charge in [0.2, 0.25) is 5.91 Å². The second-order valence-corrected chi connectivity index (χ2v) is 4.51. The van der Waals surface area contributed by atoms with E-state index in [-0.39, 0.29) is 11.9 Å². The molecule has 2 heterocycles. The van der Waals surface area contributed by atoms with E-state index in [9.17, 15) is 4.79 Å². The van der Waals surface area contributed by atoms with Gasteiger partial charge in [-0.2, -0.15) is 0 Å². The van der Waals surface area contributed by atoms with Crippen molar-refractivity contribution in [3.05, 3.63) is 18.0 Å². The molecule has 1 saturated heterocycles. The smallest absolute Gasteiger partial charge is 0.237 e. The molecule has 1 aromatic heterocycles. The predicted molar refractivity (Wildman–Crippen MR) is 63.2 cm³/mol. The van der Waals surface area contributed by atoms with Crippen molar-refractivity contribution in [2.24, 2.45) is 5.92 Å². The van der Waals surface area contributed by atoms with E-state index in [0.29, 0.717) is 12.5 Å². The first-order valence-electron chi connectivity index (χ1n) is 6.20. The van der Waals surface area contributed by atoms with Crippen LogP contribution in [0.2, 0.25) is 0 Å². The number of nitrogens with zero attached hydrogens (tertiary/aromatic N) is 1. The predicted octanol–water partition coefficient (Wildman–Crippen LogP) is 1.07. The molecule has 0 aliphatic carbocycles. The van der Waals surface area contributed by atoms with Gasteiger partial charge in [0.15, 0.2) is 0 Å². The number of amides is 1. The maximum absolute atomic E-state index is 11.9. The summed E-state index contributed by atoms with van der Waals surface area (Å²) in [5.41, 5.74) is 0.751. The minimum Gasteiger partial charge on any atom is -0.364 e. The summed E-state index contributed by atoms with van der Waals surface area (Å²) in [5.74, 6) is 0.727. The summed E-state index contributed by atoms with van der Waals surface area (Å²) in [7, 11) is 0. The van der Waals surface area contributed by atoms with Gasteiger partial charge >= 0.3 is 0 Å². The molecule has 17 heavy (non-hydrogen) atoms. The van der Waals surface area contributed by atoms with Gasteiger partial charge in [-0.25, -0.2) is 0 Å². The van der Waals surface area contributed by atoms with Crippen LogP contribution in [0.4, 0.5) is 0 Å². The maximum Gasteiger partial charge on any atom is 0.237 e. The van der Waals surface area contributed by atoms with Crippen LogP contribution in [0.3, 0.4) is 0 Å². The highest BCUT2D eigenvalue weighted by atomic mass is 16.5. The van der Waals surface area contributed by atoms with Crippen LogP contribution < -0.4 is 10.6 Å². The fourth-order valence-corrected chi connectivity index (χ4v) is 2.20. The SMILES string of the molecule is CCC1CCNC(C(=O)NCc2ccon2)C1. The fourth-order valence-electron chi connectivity index (χ4n) is 2.20. The molecule has 0 bridgehead atoms. The molecular formula is C12H19N3O2. The number of carbonyl (C=O) groups excluding carboxylic acids is 1. The van der Waals surface area contributed by atoms with Gasteiger partial charge in [0.05, 0.1) is 12.6 Å². The monoisotopic (exact) mass is 237 g/mol. The molecule has 1 aromatic rings. The lowest BCUT2D eigenvalue weighted by atomic mass is 9.90. The van der Waals surface area contributed by atoms with Gasteiger partial charge in [-0.05, 0) is 25.3 Å². The van der Waals surface area contributed by atoms with E-state index in [0.717, 1.165) is 25.1 Å². The fraction of sp³-hybridized carbons (Fsp3) is 0.667.